The lowest BCUT2D eigenvalue weighted by molar-refractivity contribution is -0.160. The second-order valence-electron chi connectivity index (χ2n) is 7.81. The summed E-state index contributed by atoms with van der Waals surface area (Å²) < 4.78 is 27.7. The topological polar surface area (TPSA) is 183 Å². The first-order valence-corrected chi connectivity index (χ1v) is 11.3. The van der Waals surface area contributed by atoms with Crippen LogP contribution in [0.15, 0.2) is 36.5 Å². The number of ether oxygens (including phenoxy) is 3. The molecule has 40 heavy (non-hydrogen) atoms. The molecule has 14 nitrogen and oxygen atoms in total. The van der Waals surface area contributed by atoms with Crippen LogP contribution in [0.5, 0.6) is 5.75 Å². The second kappa shape index (κ2) is 12.4. The van der Waals surface area contributed by atoms with Crippen molar-refractivity contribution in [2.24, 2.45) is 0 Å². The zero-order chi connectivity index (χ0) is 29.6. The van der Waals surface area contributed by atoms with Gasteiger partial charge < -0.3 is 24.8 Å². The number of hydrogen-bond donors (Lipinski definition) is 2. The summed E-state index contributed by atoms with van der Waals surface area (Å²) >= 11 is 0. The highest BCUT2D eigenvalue weighted by Crippen LogP contribution is 2.33. The molecule has 0 aliphatic heterocycles. The van der Waals surface area contributed by atoms with E-state index in [9.17, 15) is 33.2 Å². The van der Waals surface area contributed by atoms with Gasteiger partial charge in [-0.05, 0) is 29.8 Å². The number of carbonyl (C=O) groups excluding carboxylic acids is 6. The number of benzene rings is 1. The number of aromatic nitrogens is 2. The van der Waals surface area contributed by atoms with E-state index in [1.165, 1.54) is 38.5 Å². The molecule has 0 bridgehead atoms. The van der Waals surface area contributed by atoms with Crippen LogP contribution in [-0.4, -0.2) is 73.9 Å². The van der Waals surface area contributed by atoms with Crippen molar-refractivity contribution in [2.75, 3.05) is 33.2 Å². The summed E-state index contributed by atoms with van der Waals surface area (Å²) in [4.78, 5) is 83.1. The average Bonchev–Trinajstić information content (AvgIpc) is 2.98. The lowest BCUT2D eigenvalue weighted by Crippen LogP contribution is -2.35. The quantitative estimate of drug-likeness (QED) is 0.314. The Morgan fingerprint density at radius 1 is 0.975 bits per heavy atom. The fraction of sp³-hybridized carbons (Fsp3) is 0.200. The minimum Gasteiger partial charge on any atom is -0.462 e. The fourth-order valence-corrected chi connectivity index (χ4v) is 3.45. The number of esters is 3. The number of nitrogens with zero attached hydrogens (tertiary/aromatic N) is 3. The molecule has 0 saturated carbocycles. The van der Waals surface area contributed by atoms with Crippen molar-refractivity contribution in [3.8, 4) is 5.75 Å². The Morgan fingerprint density at radius 2 is 1.68 bits per heavy atom. The first kappa shape index (κ1) is 29.1. The highest BCUT2D eigenvalue weighted by atomic mass is 19.1. The standard InChI is InChI=1S/C25H22FN5O9/c1-27-20(32)15-10-13(26)8-7-12(15)11-29-21(33)17-18(40-25(37)24(36)39-4)16-14(6-5-9-28-16)19(30-17)31(2)22(34)23(35)38-3/h5-10H,11H2,1-4H3,(H,27,32)(H,29,33). The summed E-state index contributed by atoms with van der Waals surface area (Å²) in [5.74, 6) is -8.38. The van der Waals surface area contributed by atoms with Crippen LogP contribution in [0.25, 0.3) is 10.9 Å². The van der Waals surface area contributed by atoms with Crippen LogP contribution in [-0.2, 0) is 35.2 Å². The number of anilines is 1. The Kier molecular flexibility index (Phi) is 9.01. The molecule has 3 aromatic rings. The van der Waals surface area contributed by atoms with Gasteiger partial charge in [0, 0.05) is 37.8 Å². The molecule has 0 aliphatic carbocycles. The molecule has 208 valence electrons. The molecule has 2 N–H and O–H groups in total. The number of nitrogens with one attached hydrogen (secondary N) is 2. The van der Waals surface area contributed by atoms with Crippen LogP contribution < -0.4 is 20.3 Å². The molecule has 0 radical (unpaired) electrons. The Morgan fingerprint density at radius 3 is 2.33 bits per heavy atom. The number of hydrogen-bond acceptors (Lipinski definition) is 11. The Bertz CT molecular complexity index is 1540. The molecule has 0 unspecified atom stereocenters. The number of carbonyl (C=O) groups is 6. The Balaban J connectivity index is 2.15. The SMILES string of the molecule is CNC(=O)c1cc(F)ccc1CNC(=O)c1nc(N(C)C(=O)C(=O)OC)c2cccnc2c1OC(=O)C(=O)OC. The second-order valence-corrected chi connectivity index (χ2v) is 7.81. The molecule has 2 aromatic heterocycles. The molecule has 0 aliphatic rings. The van der Waals surface area contributed by atoms with Gasteiger partial charge in [0.1, 0.15) is 17.2 Å². The maximum absolute atomic E-state index is 13.8. The van der Waals surface area contributed by atoms with E-state index in [1.807, 2.05) is 0 Å². The van der Waals surface area contributed by atoms with Gasteiger partial charge in [0.2, 0.25) is 0 Å². The summed E-state index contributed by atoms with van der Waals surface area (Å²) in [5, 5.41) is 4.90. The molecule has 0 spiro atoms. The fourth-order valence-electron chi connectivity index (χ4n) is 3.45. The highest BCUT2D eigenvalue weighted by Gasteiger charge is 2.30. The first-order valence-electron chi connectivity index (χ1n) is 11.3. The molecule has 0 fully saturated rings. The van der Waals surface area contributed by atoms with E-state index in [0.29, 0.717) is 0 Å². The van der Waals surface area contributed by atoms with E-state index < -0.39 is 52.9 Å². The number of fused-ring (bicyclic) bond motifs is 1. The summed E-state index contributed by atoms with van der Waals surface area (Å²) in [5.41, 5.74) is -0.629. The van der Waals surface area contributed by atoms with Crippen molar-refractivity contribution >= 4 is 52.4 Å². The van der Waals surface area contributed by atoms with E-state index in [4.69, 9.17) is 4.74 Å². The number of halogens is 1. The predicted molar refractivity (Wildman–Crippen MR) is 134 cm³/mol. The molecule has 15 heteroatoms. The lowest BCUT2D eigenvalue weighted by Gasteiger charge is -2.20. The van der Waals surface area contributed by atoms with Crippen molar-refractivity contribution in [1.82, 2.24) is 20.6 Å². The maximum atomic E-state index is 13.8. The smallest absolute Gasteiger partial charge is 0.423 e. The van der Waals surface area contributed by atoms with Crippen LogP contribution in [0, 0.1) is 5.82 Å². The monoisotopic (exact) mass is 555 g/mol. The summed E-state index contributed by atoms with van der Waals surface area (Å²) in [6.07, 6.45) is 1.28. The normalized spacial score (nSPS) is 10.3. The van der Waals surface area contributed by atoms with Crippen molar-refractivity contribution < 1.29 is 47.4 Å². The van der Waals surface area contributed by atoms with E-state index >= 15 is 0 Å². The number of methoxy groups -OCH3 is 2. The van der Waals surface area contributed by atoms with Crippen LogP contribution in [0.4, 0.5) is 10.2 Å². The summed E-state index contributed by atoms with van der Waals surface area (Å²) in [6, 6.07) is 6.21. The third-order valence-corrected chi connectivity index (χ3v) is 5.42. The van der Waals surface area contributed by atoms with E-state index in [-0.39, 0.29) is 34.4 Å². The van der Waals surface area contributed by atoms with Crippen LogP contribution in [0.1, 0.15) is 26.4 Å². The Hall–Kier alpha value is -5.47. The molecule has 3 amide bonds. The summed E-state index contributed by atoms with van der Waals surface area (Å²) in [7, 11) is 4.47. The molecule has 1 aromatic carbocycles. The van der Waals surface area contributed by atoms with Gasteiger partial charge in [-0.15, -0.1) is 0 Å². The Labute approximate surface area is 225 Å². The van der Waals surface area contributed by atoms with Gasteiger partial charge >= 0.3 is 23.8 Å². The average molecular weight is 555 g/mol. The van der Waals surface area contributed by atoms with E-state index in [0.717, 1.165) is 31.3 Å². The van der Waals surface area contributed by atoms with Gasteiger partial charge in [-0.25, -0.2) is 23.8 Å². The molecular weight excluding hydrogens is 533 g/mol. The van der Waals surface area contributed by atoms with Gasteiger partial charge in [0.25, 0.3) is 11.8 Å². The minimum absolute atomic E-state index is 0.0580. The number of likely N-dealkylation sites (N-methyl/N-ethyl adjacent to an activating group) is 1. The molecular formula is C25H22FN5O9. The maximum Gasteiger partial charge on any atom is 0.423 e. The molecule has 3 rings (SSSR count). The molecule has 0 atom stereocenters. The van der Waals surface area contributed by atoms with Gasteiger partial charge in [-0.1, -0.05) is 6.07 Å². The highest BCUT2D eigenvalue weighted by molar-refractivity contribution is 6.38. The lowest BCUT2D eigenvalue weighted by atomic mass is 10.1. The summed E-state index contributed by atoms with van der Waals surface area (Å²) in [6.45, 7) is -0.319. The third-order valence-electron chi connectivity index (χ3n) is 5.42. The van der Waals surface area contributed by atoms with Crippen molar-refractivity contribution in [3.05, 3.63) is 59.2 Å². The zero-order valence-corrected chi connectivity index (χ0v) is 21.6. The van der Waals surface area contributed by atoms with Crippen molar-refractivity contribution in [1.29, 1.82) is 0 Å². The van der Waals surface area contributed by atoms with Gasteiger partial charge in [-0.3, -0.25) is 24.3 Å². The van der Waals surface area contributed by atoms with E-state index in [2.05, 4.69) is 30.1 Å². The van der Waals surface area contributed by atoms with Crippen molar-refractivity contribution in [2.45, 2.75) is 6.54 Å². The minimum atomic E-state index is -1.50. The zero-order valence-electron chi connectivity index (χ0n) is 21.6. The van der Waals surface area contributed by atoms with Crippen LogP contribution in [0.2, 0.25) is 0 Å². The first-order chi connectivity index (χ1) is 19.0. The third kappa shape index (κ3) is 5.98. The number of pyridine rings is 2. The van der Waals surface area contributed by atoms with Crippen molar-refractivity contribution in [3.63, 3.8) is 0 Å². The van der Waals surface area contributed by atoms with Gasteiger partial charge in [-0.2, -0.15) is 0 Å². The predicted octanol–water partition coefficient (Wildman–Crippen LogP) is 0.273. The van der Waals surface area contributed by atoms with Crippen LogP contribution in [0.3, 0.4) is 0 Å². The molecule has 0 saturated heterocycles. The number of rotatable bonds is 6. The van der Waals surface area contributed by atoms with Gasteiger partial charge in [0.05, 0.1) is 14.2 Å². The molecule has 2 heterocycles. The number of amides is 3. The van der Waals surface area contributed by atoms with Gasteiger partial charge in [0.15, 0.2) is 11.4 Å². The van der Waals surface area contributed by atoms with Crippen LogP contribution >= 0.6 is 0 Å². The van der Waals surface area contributed by atoms with E-state index in [1.54, 1.807) is 0 Å². The largest absolute Gasteiger partial charge is 0.462 e.